The van der Waals surface area contributed by atoms with Gasteiger partial charge in [0.2, 0.25) is 12.1 Å². The van der Waals surface area contributed by atoms with Crippen LogP contribution >= 0.6 is 23.2 Å². The molecule has 158 valence electrons. The van der Waals surface area contributed by atoms with Crippen molar-refractivity contribution in [3.63, 3.8) is 0 Å². The summed E-state index contributed by atoms with van der Waals surface area (Å²) in [4.78, 5) is 33.3. The molecular formula is C20H26Cl2N4O3. The highest BCUT2D eigenvalue weighted by molar-refractivity contribution is 6.42. The van der Waals surface area contributed by atoms with E-state index >= 15 is 0 Å². The number of carbonyl (C=O) groups excluding carboxylic acids is 2. The number of guanidine groups is 1. The third-order valence-electron chi connectivity index (χ3n) is 5.16. The van der Waals surface area contributed by atoms with Gasteiger partial charge in [-0.1, -0.05) is 23.2 Å². The fourth-order valence-electron chi connectivity index (χ4n) is 3.59. The van der Waals surface area contributed by atoms with Crippen molar-refractivity contribution in [3.05, 3.63) is 28.2 Å². The molecule has 0 saturated carbocycles. The predicted molar refractivity (Wildman–Crippen MR) is 114 cm³/mol. The second-order valence-electron chi connectivity index (χ2n) is 7.37. The molecule has 2 N–H and O–H groups in total. The van der Waals surface area contributed by atoms with Gasteiger partial charge in [-0.05, 0) is 56.7 Å². The first-order valence-electron chi connectivity index (χ1n) is 10.0. The molecular weight excluding hydrogens is 415 g/mol. The molecule has 0 bridgehead atoms. The van der Waals surface area contributed by atoms with Crippen molar-refractivity contribution in [1.29, 1.82) is 0 Å². The van der Waals surface area contributed by atoms with Crippen LogP contribution in [-0.2, 0) is 9.59 Å². The third kappa shape index (κ3) is 5.84. The van der Waals surface area contributed by atoms with Gasteiger partial charge in [0.15, 0.2) is 0 Å². The van der Waals surface area contributed by atoms with Crippen molar-refractivity contribution in [2.75, 3.05) is 31.5 Å². The fourth-order valence-corrected chi connectivity index (χ4v) is 3.88. The summed E-state index contributed by atoms with van der Waals surface area (Å²) in [5.41, 5.74) is 0.340. The zero-order chi connectivity index (χ0) is 20.8. The van der Waals surface area contributed by atoms with Gasteiger partial charge in [-0.15, -0.1) is 0 Å². The lowest BCUT2D eigenvalue weighted by Gasteiger charge is -2.38. The van der Waals surface area contributed by atoms with Gasteiger partial charge in [0.05, 0.1) is 10.0 Å². The van der Waals surface area contributed by atoms with E-state index in [1.807, 2.05) is 0 Å². The Morgan fingerprint density at radius 2 is 1.48 bits per heavy atom. The molecule has 2 heterocycles. The minimum Gasteiger partial charge on any atom is -0.375 e. The van der Waals surface area contributed by atoms with Gasteiger partial charge < -0.3 is 20.2 Å². The molecule has 2 amide bonds. The zero-order valence-corrected chi connectivity index (χ0v) is 17.8. The minimum atomic E-state index is -1.89. The summed E-state index contributed by atoms with van der Waals surface area (Å²) < 4.78 is 0. The van der Waals surface area contributed by atoms with Crippen LogP contribution in [0.25, 0.3) is 0 Å². The van der Waals surface area contributed by atoms with E-state index in [1.165, 1.54) is 12.1 Å². The molecule has 1 aromatic rings. The number of nitrogens with one attached hydrogen (secondary N) is 1. The van der Waals surface area contributed by atoms with Crippen LogP contribution in [0, 0.1) is 0 Å². The number of aliphatic hydroxyl groups excluding tert-OH is 1. The van der Waals surface area contributed by atoms with Crippen molar-refractivity contribution < 1.29 is 14.7 Å². The summed E-state index contributed by atoms with van der Waals surface area (Å²) in [6, 6.07) is 4.52. The van der Waals surface area contributed by atoms with Crippen molar-refractivity contribution in [1.82, 2.24) is 9.80 Å². The van der Waals surface area contributed by atoms with E-state index in [-0.39, 0.29) is 5.02 Å². The van der Waals surface area contributed by atoms with E-state index < -0.39 is 17.9 Å². The number of hydrogen-bond donors (Lipinski definition) is 2. The molecule has 7 nitrogen and oxygen atoms in total. The number of carbonyl (C=O) groups is 2. The van der Waals surface area contributed by atoms with Crippen LogP contribution in [0.15, 0.2) is 23.2 Å². The topological polar surface area (TPSA) is 85.2 Å². The van der Waals surface area contributed by atoms with E-state index in [0.717, 1.165) is 64.7 Å². The molecule has 0 radical (unpaired) electrons. The summed E-state index contributed by atoms with van der Waals surface area (Å²) in [6.07, 6.45) is 4.60. The first kappa shape index (κ1) is 21.9. The average Bonchev–Trinajstić information content (AvgIpc) is 2.75. The first-order valence-corrected chi connectivity index (χ1v) is 10.8. The SMILES string of the molecule is O=C(N=C(N1CCCCC1)N1CCCCC1)C(O)C(=O)Nc1ccc(Cl)c(Cl)c1. The number of aliphatic imine (C=N–C) groups is 1. The van der Waals surface area contributed by atoms with Gasteiger partial charge in [-0.25, -0.2) is 0 Å². The van der Waals surface area contributed by atoms with Crippen LogP contribution in [0.1, 0.15) is 38.5 Å². The van der Waals surface area contributed by atoms with E-state index in [0.29, 0.717) is 16.7 Å². The van der Waals surface area contributed by atoms with Crippen LogP contribution in [0.3, 0.4) is 0 Å². The van der Waals surface area contributed by atoms with E-state index in [9.17, 15) is 14.7 Å². The van der Waals surface area contributed by atoms with Crippen LogP contribution in [0.2, 0.25) is 10.0 Å². The second-order valence-corrected chi connectivity index (χ2v) is 8.18. The molecule has 1 unspecified atom stereocenters. The predicted octanol–water partition coefficient (Wildman–Crippen LogP) is 3.15. The number of piperidine rings is 2. The number of amides is 2. The molecule has 3 rings (SSSR count). The standard InChI is InChI=1S/C20H26Cl2N4O3/c21-15-8-7-14(13-16(15)22)23-18(28)17(27)19(29)24-20(25-9-3-1-4-10-25)26-11-5-2-6-12-26/h7-8,13,17,27H,1-6,9-12H2,(H,23,28). The lowest BCUT2D eigenvalue weighted by Crippen LogP contribution is -2.49. The van der Waals surface area contributed by atoms with Gasteiger partial charge in [-0.3, -0.25) is 9.59 Å². The van der Waals surface area contributed by atoms with E-state index in [1.54, 1.807) is 6.07 Å². The molecule has 1 atom stereocenters. The summed E-state index contributed by atoms with van der Waals surface area (Å²) in [6.45, 7) is 3.31. The van der Waals surface area contributed by atoms with Crippen molar-refractivity contribution in [2.45, 2.75) is 44.6 Å². The van der Waals surface area contributed by atoms with Crippen LogP contribution < -0.4 is 5.32 Å². The van der Waals surface area contributed by atoms with Crippen molar-refractivity contribution in [2.24, 2.45) is 4.99 Å². The van der Waals surface area contributed by atoms with Gasteiger partial charge >= 0.3 is 0 Å². The number of hydrogen-bond acceptors (Lipinski definition) is 3. The summed E-state index contributed by atoms with van der Waals surface area (Å²) in [7, 11) is 0. The van der Waals surface area contributed by atoms with Gasteiger partial charge in [0.25, 0.3) is 11.8 Å². The fraction of sp³-hybridized carbons (Fsp3) is 0.550. The lowest BCUT2D eigenvalue weighted by molar-refractivity contribution is -0.136. The Balaban J connectivity index is 1.72. The van der Waals surface area contributed by atoms with E-state index in [4.69, 9.17) is 23.2 Å². The monoisotopic (exact) mass is 440 g/mol. The van der Waals surface area contributed by atoms with Crippen molar-refractivity contribution in [3.8, 4) is 0 Å². The maximum atomic E-state index is 12.6. The second kappa shape index (κ2) is 10.3. The molecule has 2 saturated heterocycles. The third-order valence-corrected chi connectivity index (χ3v) is 5.90. The first-order chi connectivity index (χ1) is 14.0. The maximum absolute atomic E-state index is 12.6. The average molecular weight is 441 g/mol. The quantitative estimate of drug-likeness (QED) is 0.428. The zero-order valence-electron chi connectivity index (χ0n) is 16.2. The van der Waals surface area contributed by atoms with Gasteiger partial charge in [-0.2, -0.15) is 4.99 Å². The Labute approximate surface area is 180 Å². The molecule has 0 aliphatic carbocycles. The number of aliphatic hydroxyl groups is 1. The molecule has 0 aromatic heterocycles. The number of benzene rings is 1. The Morgan fingerprint density at radius 1 is 0.931 bits per heavy atom. The molecule has 0 spiro atoms. The molecule has 29 heavy (non-hydrogen) atoms. The number of rotatable bonds is 3. The number of anilines is 1. The lowest BCUT2D eigenvalue weighted by atomic mass is 10.1. The number of nitrogens with zero attached hydrogens (tertiary/aromatic N) is 3. The normalized spacial score (nSPS) is 18.2. The van der Waals surface area contributed by atoms with Crippen LogP contribution in [0.5, 0.6) is 0 Å². The minimum absolute atomic E-state index is 0.265. The largest absolute Gasteiger partial charge is 0.375 e. The molecule has 2 aliphatic rings. The molecule has 2 aliphatic heterocycles. The Hall–Kier alpha value is -1.83. The highest BCUT2D eigenvalue weighted by Crippen LogP contribution is 2.25. The van der Waals surface area contributed by atoms with Gasteiger partial charge in [0.1, 0.15) is 0 Å². The Morgan fingerprint density at radius 3 is 2.00 bits per heavy atom. The highest BCUT2D eigenvalue weighted by atomic mass is 35.5. The van der Waals surface area contributed by atoms with E-state index in [2.05, 4.69) is 20.1 Å². The molecule has 2 fully saturated rings. The maximum Gasteiger partial charge on any atom is 0.287 e. The van der Waals surface area contributed by atoms with Crippen LogP contribution in [0.4, 0.5) is 5.69 Å². The summed E-state index contributed by atoms with van der Waals surface area (Å²) in [5.74, 6) is -1.14. The molecule has 1 aromatic carbocycles. The Bertz CT molecular complexity index is 755. The molecule has 9 heteroatoms. The van der Waals surface area contributed by atoms with Crippen molar-refractivity contribution >= 4 is 46.7 Å². The Kier molecular flexibility index (Phi) is 7.75. The number of likely N-dealkylation sites (tertiary alicyclic amines) is 2. The number of halogens is 2. The summed E-state index contributed by atoms with van der Waals surface area (Å²) >= 11 is 11.8. The highest BCUT2D eigenvalue weighted by Gasteiger charge is 2.28. The smallest absolute Gasteiger partial charge is 0.287 e. The summed E-state index contributed by atoms with van der Waals surface area (Å²) in [5, 5.41) is 13.3. The van der Waals surface area contributed by atoms with Gasteiger partial charge in [0, 0.05) is 31.9 Å². The van der Waals surface area contributed by atoms with Crippen LogP contribution in [-0.4, -0.2) is 65.0 Å².